The fourth-order valence-corrected chi connectivity index (χ4v) is 2.22. The van der Waals surface area contributed by atoms with Crippen molar-refractivity contribution < 1.29 is 9.84 Å². The molecule has 0 saturated carbocycles. The molecule has 2 rings (SSSR count). The van der Waals surface area contributed by atoms with Crippen LogP contribution in [0, 0.1) is 0 Å². The minimum Gasteiger partial charge on any atom is -0.489 e. The number of aromatic nitrogens is 2. The number of hydrogen-bond acceptors (Lipinski definition) is 4. The van der Waals surface area contributed by atoms with Crippen LogP contribution in [-0.2, 0) is 13.6 Å². The number of nitrogens with one attached hydrogen (secondary N) is 1. The number of nitrogens with zero attached hydrogens (tertiary/aromatic N) is 2. The van der Waals surface area contributed by atoms with Crippen molar-refractivity contribution in [1.82, 2.24) is 14.9 Å². The molecule has 7 heteroatoms. The first-order chi connectivity index (χ1) is 10.1. The molecule has 0 aliphatic carbocycles. The van der Waals surface area contributed by atoms with Crippen LogP contribution in [-0.4, -0.2) is 33.9 Å². The molecule has 1 heterocycles. The Morgan fingerprint density at radius 1 is 1.43 bits per heavy atom. The number of ether oxygens (including phenoxy) is 1. The second-order valence-electron chi connectivity index (χ2n) is 4.62. The van der Waals surface area contributed by atoms with E-state index in [1.165, 1.54) is 0 Å². The van der Waals surface area contributed by atoms with E-state index in [0.29, 0.717) is 28.9 Å². The van der Waals surface area contributed by atoms with Gasteiger partial charge in [0.25, 0.3) is 0 Å². The topological polar surface area (TPSA) is 59.3 Å². The highest BCUT2D eigenvalue weighted by Gasteiger charge is 2.08. The molecule has 1 unspecified atom stereocenters. The van der Waals surface area contributed by atoms with Gasteiger partial charge in [0.15, 0.2) is 0 Å². The molecular weight excluding hydrogens is 313 g/mol. The van der Waals surface area contributed by atoms with Crippen molar-refractivity contribution >= 4 is 23.2 Å². The highest BCUT2D eigenvalue weighted by Crippen LogP contribution is 2.27. The summed E-state index contributed by atoms with van der Waals surface area (Å²) >= 11 is 11.8. The van der Waals surface area contributed by atoms with Crippen LogP contribution in [0.25, 0.3) is 0 Å². The van der Waals surface area contributed by atoms with Gasteiger partial charge in [0.05, 0.1) is 11.6 Å². The molecule has 1 aromatic carbocycles. The van der Waals surface area contributed by atoms with Gasteiger partial charge in [0.1, 0.15) is 24.3 Å². The monoisotopic (exact) mass is 329 g/mol. The number of imidazole rings is 1. The minimum absolute atomic E-state index is 0.148. The molecule has 2 N–H and O–H groups in total. The Bertz CT molecular complexity index is 589. The normalized spacial score (nSPS) is 12.4. The van der Waals surface area contributed by atoms with Crippen molar-refractivity contribution in [3.05, 3.63) is 46.5 Å². The Balaban J connectivity index is 1.72. The number of halogens is 2. The lowest BCUT2D eigenvalue weighted by Gasteiger charge is -2.14. The zero-order valence-corrected chi connectivity index (χ0v) is 13.1. The van der Waals surface area contributed by atoms with Gasteiger partial charge in [0, 0.05) is 31.0 Å². The quantitative estimate of drug-likeness (QED) is 0.818. The predicted molar refractivity (Wildman–Crippen MR) is 82.9 cm³/mol. The summed E-state index contributed by atoms with van der Waals surface area (Å²) in [6.07, 6.45) is 2.97. The lowest BCUT2D eigenvalue weighted by Crippen LogP contribution is -2.31. The molecule has 1 atom stereocenters. The molecule has 0 spiro atoms. The summed E-state index contributed by atoms with van der Waals surface area (Å²) in [6.45, 7) is 1.13. The maximum Gasteiger partial charge on any atom is 0.138 e. The number of benzene rings is 1. The van der Waals surface area contributed by atoms with Crippen LogP contribution in [0.2, 0.25) is 10.0 Å². The number of hydrogen-bond donors (Lipinski definition) is 2. The van der Waals surface area contributed by atoms with Gasteiger partial charge in [-0.2, -0.15) is 0 Å². The molecular formula is C14H17Cl2N3O2. The highest BCUT2D eigenvalue weighted by atomic mass is 35.5. The van der Waals surface area contributed by atoms with Gasteiger partial charge in [-0.05, 0) is 18.2 Å². The Labute approximate surface area is 133 Å². The van der Waals surface area contributed by atoms with Crippen LogP contribution in [0.4, 0.5) is 0 Å². The van der Waals surface area contributed by atoms with E-state index < -0.39 is 6.10 Å². The molecule has 114 valence electrons. The highest BCUT2D eigenvalue weighted by molar-refractivity contribution is 6.35. The van der Waals surface area contributed by atoms with Crippen LogP contribution in [0.15, 0.2) is 30.6 Å². The van der Waals surface area contributed by atoms with Gasteiger partial charge < -0.3 is 19.7 Å². The van der Waals surface area contributed by atoms with Crippen molar-refractivity contribution in [1.29, 1.82) is 0 Å². The third kappa shape index (κ3) is 4.89. The van der Waals surface area contributed by atoms with Crippen LogP contribution in [0.5, 0.6) is 5.75 Å². The first kappa shape index (κ1) is 16.1. The Kier molecular flexibility index (Phi) is 5.87. The summed E-state index contributed by atoms with van der Waals surface area (Å²) in [7, 11) is 1.92. The number of aryl methyl sites for hydroxylation is 1. The zero-order valence-electron chi connectivity index (χ0n) is 11.6. The molecule has 0 aliphatic rings. The first-order valence-electron chi connectivity index (χ1n) is 6.49. The third-order valence-electron chi connectivity index (χ3n) is 2.91. The van der Waals surface area contributed by atoms with E-state index in [0.717, 1.165) is 5.82 Å². The largest absolute Gasteiger partial charge is 0.489 e. The predicted octanol–water partition coefficient (Wildman–Crippen LogP) is 2.26. The van der Waals surface area contributed by atoms with Crippen LogP contribution < -0.4 is 10.1 Å². The van der Waals surface area contributed by atoms with E-state index in [4.69, 9.17) is 27.9 Å². The third-order valence-corrected chi connectivity index (χ3v) is 3.44. The average molecular weight is 330 g/mol. The lowest BCUT2D eigenvalue weighted by molar-refractivity contribution is 0.106. The Morgan fingerprint density at radius 3 is 2.90 bits per heavy atom. The van der Waals surface area contributed by atoms with E-state index in [1.54, 1.807) is 24.4 Å². The zero-order chi connectivity index (χ0) is 15.2. The molecule has 5 nitrogen and oxygen atoms in total. The molecule has 0 radical (unpaired) electrons. The molecule has 1 aromatic heterocycles. The average Bonchev–Trinajstić information content (AvgIpc) is 2.83. The maximum atomic E-state index is 9.87. The summed E-state index contributed by atoms with van der Waals surface area (Å²) in [5, 5.41) is 14.0. The molecule has 0 amide bonds. The van der Waals surface area contributed by atoms with Crippen molar-refractivity contribution in [2.75, 3.05) is 13.2 Å². The Morgan fingerprint density at radius 2 is 2.24 bits per heavy atom. The second kappa shape index (κ2) is 7.66. The fraction of sp³-hybridized carbons (Fsp3) is 0.357. The van der Waals surface area contributed by atoms with Gasteiger partial charge in [-0.15, -0.1) is 0 Å². The molecule has 0 saturated heterocycles. The number of rotatable bonds is 7. The van der Waals surface area contributed by atoms with Crippen molar-refractivity contribution in [3.63, 3.8) is 0 Å². The van der Waals surface area contributed by atoms with Crippen molar-refractivity contribution in [3.8, 4) is 5.75 Å². The van der Waals surface area contributed by atoms with E-state index in [1.807, 2.05) is 17.8 Å². The van der Waals surface area contributed by atoms with E-state index in [9.17, 15) is 5.11 Å². The first-order valence-corrected chi connectivity index (χ1v) is 7.24. The summed E-state index contributed by atoms with van der Waals surface area (Å²) < 4.78 is 7.38. The molecule has 0 fully saturated rings. The van der Waals surface area contributed by atoms with Crippen molar-refractivity contribution in [2.24, 2.45) is 7.05 Å². The smallest absolute Gasteiger partial charge is 0.138 e. The number of aliphatic hydroxyl groups excluding tert-OH is 1. The maximum absolute atomic E-state index is 9.87. The van der Waals surface area contributed by atoms with Gasteiger partial charge in [-0.3, -0.25) is 0 Å². The number of aliphatic hydroxyl groups is 1. The van der Waals surface area contributed by atoms with Gasteiger partial charge in [0.2, 0.25) is 0 Å². The van der Waals surface area contributed by atoms with E-state index >= 15 is 0 Å². The lowest BCUT2D eigenvalue weighted by atomic mass is 10.3. The standard InChI is InChI=1S/C14H17Cl2N3O2/c1-19-5-4-18-14(19)8-17-7-11(20)9-21-13-3-2-10(15)6-12(13)16/h2-6,11,17,20H,7-9H2,1H3. The van der Waals surface area contributed by atoms with Crippen LogP contribution in [0.1, 0.15) is 5.82 Å². The summed E-state index contributed by atoms with van der Waals surface area (Å²) in [6, 6.07) is 4.97. The molecule has 21 heavy (non-hydrogen) atoms. The molecule has 0 bridgehead atoms. The second-order valence-corrected chi connectivity index (χ2v) is 5.47. The van der Waals surface area contributed by atoms with Gasteiger partial charge in [-0.25, -0.2) is 4.98 Å². The van der Waals surface area contributed by atoms with Crippen molar-refractivity contribution in [2.45, 2.75) is 12.6 Å². The van der Waals surface area contributed by atoms with Crippen LogP contribution in [0.3, 0.4) is 0 Å². The summed E-state index contributed by atoms with van der Waals surface area (Å²) in [5.74, 6) is 1.41. The van der Waals surface area contributed by atoms with Crippen LogP contribution >= 0.6 is 23.2 Å². The molecule has 0 aliphatic heterocycles. The fourth-order valence-electron chi connectivity index (χ4n) is 1.75. The van der Waals surface area contributed by atoms with Gasteiger partial charge in [-0.1, -0.05) is 23.2 Å². The summed E-state index contributed by atoms with van der Waals surface area (Å²) in [5.41, 5.74) is 0. The minimum atomic E-state index is -0.642. The SMILES string of the molecule is Cn1ccnc1CNCC(O)COc1ccc(Cl)cc1Cl. The van der Waals surface area contributed by atoms with Gasteiger partial charge >= 0.3 is 0 Å². The van der Waals surface area contributed by atoms with E-state index in [-0.39, 0.29) is 6.61 Å². The Hall–Kier alpha value is -1.27. The summed E-state index contributed by atoms with van der Waals surface area (Å²) in [4.78, 5) is 4.18. The molecule has 2 aromatic rings. The van der Waals surface area contributed by atoms with E-state index in [2.05, 4.69) is 10.3 Å².